The van der Waals surface area contributed by atoms with Crippen LogP contribution in [0.2, 0.25) is 0 Å². The van der Waals surface area contributed by atoms with Gasteiger partial charge < -0.3 is 15.4 Å². The minimum atomic E-state index is -0.206. The molecule has 0 aromatic carbocycles. The Bertz CT molecular complexity index is 490. The summed E-state index contributed by atoms with van der Waals surface area (Å²) in [7, 11) is 0. The maximum Gasteiger partial charge on any atom is 0.241 e. The number of pyridine rings is 1. The van der Waals surface area contributed by atoms with Crippen molar-refractivity contribution in [3.8, 4) is 0 Å². The summed E-state index contributed by atoms with van der Waals surface area (Å²) in [5, 5.41) is 0. The van der Waals surface area contributed by atoms with E-state index in [4.69, 9.17) is 10.5 Å². The zero-order valence-electron chi connectivity index (χ0n) is 12.6. The molecule has 2 aliphatic rings. The van der Waals surface area contributed by atoms with Crippen molar-refractivity contribution in [3.63, 3.8) is 0 Å². The van der Waals surface area contributed by atoms with E-state index >= 15 is 0 Å². The van der Waals surface area contributed by atoms with E-state index in [-0.39, 0.29) is 24.2 Å². The topological polar surface area (TPSA) is 92.5 Å². The quantitative estimate of drug-likeness (QED) is 0.710. The van der Waals surface area contributed by atoms with Crippen LogP contribution in [0.3, 0.4) is 0 Å². The van der Waals surface area contributed by atoms with Gasteiger partial charge in [-0.1, -0.05) is 6.07 Å². The fourth-order valence-electron chi connectivity index (χ4n) is 2.90. The lowest BCUT2D eigenvalue weighted by Crippen LogP contribution is -2.49. The normalized spacial score (nSPS) is 26.3. The average molecular weight is 305 g/mol. The molecule has 1 amide bonds. The van der Waals surface area contributed by atoms with Gasteiger partial charge in [0.15, 0.2) is 0 Å². The summed E-state index contributed by atoms with van der Waals surface area (Å²) in [6, 6.07) is 3.71. The number of nitrogens with one attached hydrogen (secondary N) is 2. The fourth-order valence-corrected chi connectivity index (χ4v) is 2.90. The fraction of sp³-hybridized carbons (Fsp3) is 0.600. The zero-order chi connectivity index (χ0) is 15.4. The molecule has 7 nitrogen and oxygen atoms in total. The number of carbonyl (C=O) groups excluding carboxylic acids is 1. The van der Waals surface area contributed by atoms with Crippen LogP contribution in [-0.2, 0) is 16.1 Å². The number of carbonyl (C=O) groups is 1. The second-order valence-corrected chi connectivity index (χ2v) is 5.88. The molecule has 0 aliphatic carbocycles. The van der Waals surface area contributed by atoms with E-state index in [1.807, 2.05) is 23.2 Å². The van der Waals surface area contributed by atoms with Crippen molar-refractivity contribution in [3.05, 3.63) is 30.1 Å². The SMILES string of the molecule is NC1CC(C(=O)N2CCC(OCc3cccnc3)CC2)NN1. The van der Waals surface area contributed by atoms with Crippen LogP contribution < -0.4 is 16.6 Å². The third-order valence-electron chi connectivity index (χ3n) is 4.19. The minimum absolute atomic E-state index is 0.131. The second kappa shape index (κ2) is 7.15. The number of hydrazine groups is 1. The van der Waals surface area contributed by atoms with Gasteiger partial charge in [-0.2, -0.15) is 0 Å². The van der Waals surface area contributed by atoms with E-state index in [0.29, 0.717) is 13.0 Å². The number of hydrogen-bond acceptors (Lipinski definition) is 6. The first-order valence-corrected chi connectivity index (χ1v) is 7.78. The Balaban J connectivity index is 1.41. The summed E-state index contributed by atoms with van der Waals surface area (Å²) in [5.41, 5.74) is 12.7. The van der Waals surface area contributed by atoms with E-state index in [1.165, 1.54) is 0 Å². The molecule has 0 radical (unpaired) electrons. The number of aromatic nitrogens is 1. The summed E-state index contributed by atoms with van der Waals surface area (Å²) < 4.78 is 5.91. The largest absolute Gasteiger partial charge is 0.373 e. The van der Waals surface area contributed by atoms with E-state index in [9.17, 15) is 4.79 Å². The summed E-state index contributed by atoms with van der Waals surface area (Å²) in [4.78, 5) is 18.3. The molecule has 2 aliphatic heterocycles. The predicted octanol–water partition coefficient (Wildman–Crippen LogP) is -0.259. The Morgan fingerprint density at radius 2 is 2.23 bits per heavy atom. The highest BCUT2D eigenvalue weighted by Gasteiger charge is 2.32. The summed E-state index contributed by atoms with van der Waals surface area (Å²) in [5.74, 6) is 0.131. The molecule has 4 N–H and O–H groups in total. The van der Waals surface area contributed by atoms with Gasteiger partial charge in [0.1, 0.15) is 6.04 Å². The van der Waals surface area contributed by atoms with Crippen molar-refractivity contribution < 1.29 is 9.53 Å². The highest BCUT2D eigenvalue weighted by atomic mass is 16.5. The van der Waals surface area contributed by atoms with Crippen LogP contribution in [-0.4, -0.2) is 47.2 Å². The van der Waals surface area contributed by atoms with Crippen LogP contribution in [0, 0.1) is 0 Å². The summed E-state index contributed by atoms with van der Waals surface area (Å²) >= 11 is 0. The molecule has 2 unspecified atom stereocenters. The molecule has 2 saturated heterocycles. The van der Waals surface area contributed by atoms with Crippen LogP contribution in [0.5, 0.6) is 0 Å². The molecule has 0 bridgehead atoms. The number of nitrogens with zero attached hydrogens (tertiary/aromatic N) is 2. The number of rotatable bonds is 4. The molecule has 1 aromatic rings. The number of piperidine rings is 1. The van der Waals surface area contributed by atoms with Gasteiger partial charge in [0, 0.05) is 31.9 Å². The smallest absolute Gasteiger partial charge is 0.241 e. The van der Waals surface area contributed by atoms with Gasteiger partial charge in [-0.3, -0.25) is 9.78 Å². The van der Waals surface area contributed by atoms with Crippen molar-refractivity contribution in [2.24, 2.45) is 5.73 Å². The summed E-state index contributed by atoms with van der Waals surface area (Å²) in [6.45, 7) is 2.06. The molecular weight excluding hydrogens is 282 g/mol. The maximum absolute atomic E-state index is 12.4. The molecule has 0 spiro atoms. The van der Waals surface area contributed by atoms with Crippen LogP contribution in [0.1, 0.15) is 24.8 Å². The van der Waals surface area contributed by atoms with Crippen molar-refractivity contribution >= 4 is 5.91 Å². The minimum Gasteiger partial charge on any atom is -0.373 e. The molecule has 2 atom stereocenters. The van der Waals surface area contributed by atoms with Gasteiger partial charge in [0.2, 0.25) is 5.91 Å². The summed E-state index contributed by atoms with van der Waals surface area (Å²) in [6.07, 6.45) is 6.02. The van der Waals surface area contributed by atoms with Crippen molar-refractivity contribution in [1.82, 2.24) is 20.7 Å². The van der Waals surface area contributed by atoms with Gasteiger partial charge in [-0.25, -0.2) is 10.9 Å². The van der Waals surface area contributed by atoms with Crippen molar-refractivity contribution in [2.45, 2.75) is 44.2 Å². The van der Waals surface area contributed by atoms with E-state index in [0.717, 1.165) is 31.5 Å². The molecule has 22 heavy (non-hydrogen) atoms. The molecular formula is C15H23N5O2. The monoisotopic (exact) mass is 305 g/mol. The van der Waals surface area contributed by atoms with Crippen molar-refractivity contribution in [2.75, 3.05) is 13.1 Å². The number of hydrogen-bond donors (Lipinski definition) is 3. The Morgan fingerprint density at radius 1 is 1.41 bits per heavy atom. The molecule has 3 heterocycles. The first-order valence-electron chi connectivity index (χ1n) is 7.78. The molecule has 2 fully saturated rings. The lowest BCUT2D eigenvalue weighted by Gasteiger charge is -2.33. The number of ether oxygens (including phenoxy) is 1. The van der Waals surface area contributed by atoms with Crippen molar-refractivity contribution in [1.29, 1.82) is 0 Å². The first-order chi connectivity index (χ1) is 10.7. The Hall–Kier alpha value is -1.54. The van der Waals surface area contributed by atoms with E-state index < -0.39 is 0 Å². The van der Waals surface area contributed by atoms with Gasteiger partial charge in [-0.05, 0) is 24.5 Å². The maximum atomic E-state index is 12.4. The van der Waals surface area contributed by atoms with E-state index in [2.05, 4.69) is 15.8 Å². The van der Waals surface area contributed by atoms with Crippen LogP contribution >= 0.6 is 0 Å². The van der Waals surface area contributed by atoms with Gasteiger partial charge >= 0.3 is 0 Å². The zero-order valence-corrected chi connectivity index (χ0v) is 12.6. The Morgan fingerprint density at radius 3 is 2.86 bits per heavy atom. The first kappa shape index (κ1) is 15.4. The second-order valence-electron chi connectivity index (χ2n) is 5.88. The van der Waals surface area contributed by atoms with Crippen LogP contribution in [0.25, 0.3) is 0 Å². The van der Waals surface area contributed by atoms with E-state index in [1.54, 1.807) is 6.20 Å². The highest BCUT2D eigenvalue weighted by Crippen LogP contribution is 2.17. The molecule has 7 heteroatoms. The molecule has 0 saturated carbocycles. The van der Waals surface area contributed by atoms with Crippen LogP contribution in [0.4, 0.5) is 0 Å². The van der Waals surface area contributed by atoms with Gasteiger partial charge in [0.05, 0.1) is 18.9 Å². The van der Waals surface area contributed by atoms with Crippen LogP contribution in [0.15, 0.2) is 24.5 Å². The highest BCUT2D eigenvalue weighted by molar-refractivity contribution is 5.82. The number of amides is 1. The number of likely N-dealkylation sites (tertiary alicyclic amines) is 1. The lowest BCUT2D eigenvalue weighted by molar-refractivity contribution is -0.136. The molecule has 120 valence electrons. The third kappa shape index (κ3) is 3.80. The van der Waals surface area contributed by atoms with Gasteiger partial charge in [0.25, 0.3) is 0 Å². The molecule has 1 aromatic heterocycles. The average Bonchev–Trinajstić information content (AvgIpc) is 3.00. The predicted molar refractivity (Wildman–Crippen MR) is 81.3 cm³/mol. The Kier molecular flexibility index (Phi) is 4.99. The standard InChI is InChI=1S/C15H23N5O2/c16-14-8-13(18-19-14)15(21)20-6-3-12(4-7-20)22-10-11-2-1-5-17-9-11/h1-2,5,9,12-14,18-19H,3-4,6-8,10,16H2. The number of nitrogens with two attached hydrogens (primary N) is 1. The molecule has 3 rings (SSSR count). The lowest BCUT2D eigenvalue weighted by atomic mass is 10.1. The Labute approximate surface area is 130 Å². The van der Waals surface area contributed by atoms with Gasteiger partial charge in [-0.15, -0.1) is 0 Å². The third-order valence-corrected chi connectivity index (χ3v) is 4.19.